The van der Waals surface area contributed by atoms with Gasteiger partial charge in [0.05, 0.1) is 12.1 Å². The monoisotopic (exact) mass is 275 g/mol. The predicted molar refractivity (Wildman–Crippen MR) is 67.3 cm³/mol. The molecule has 0 aromatic carbocycles. The molecule has 0 saturated heterocycles. The van der Waals surface area contributed by atoms with Gasteiger partial charge in [-0.15, -0.1) is 0 Å². The minimum Gasteiger partial charge on any atom is -0.480 e. The van der Waals surface area contributed by atoms with Gasteiger partial charge in [-0.3, -0.25) is 4.79 Å². The number of hydrogen-bond donors (Lipinski definition) is 4. The summed E-state index contributed by atoms with van der Waals surface area (Å²) in [4.78, 5) is 34.6. The van der Waals surface area contributed by atoms with Crippen molar-refractivity contribution in [1.82, 2.24) is 10.2 Å². The minimum atomic E-state index is -1.25. The van der Waals surface area contributed by atoms with E-state index in [1.54, 1.807) is 13.8 Å². The van der Waals surface area contributed by atoms with E-state index in [4.69, 9.17) is 15.9 Å². The number of aliphatic hydroxyl groups is 1. The molecular formula is C11H21N3O5. The number of carboxylic acids is 1. The Morgan fingerprint density at radius 2 is 1.89 bits per heavy atom. The van der Waals surface area contributed by atoms with E-state index >= 15 is 0 Å². The maximum Gasteiger partial charge on any atom is 0.326 e. The lowest BCUT2D eigenvalue weighted by Gasteiger charge is -2.34. The number of nitrogens with one attached hydrogen (secondary N) is 1. The van der Waals surface area contributed by atoms with E-state index in [1.807, 2.05) is 0 Å². The second-order valence-electron chi connectivity index (χ2n) is 4.87. The van der Waals surface area contributed by atoms with E-state index in [-0.39, 0.29) is 19.4 Å². The van der Waals surface area contributed by atoms with Crippen LogP contribution in [0.3, 0.4) is 0 Å². The SMILES string of the molecule is CN(C(=O)NC(CCC(N)=O)C(=O)O)C(C)(C)CO. The lowest BCUT2D eigenvalue weighted by molar-refractivity contribution is -0.139. The summed E-state index contributed by atoms with van der Waals surface area (Å²) in [5.74, 6) is -1.88. The molecule has 0 saturated carbocycles. The summed E-state index contributed by atoms with van der Waals surface area (Å²) >= 11 is 0. The molecule has 8 heteroatoms. The van der Waals surface area contributed by atoms with Crippen molar-refractivity contribution in [3.8, 4) is 0 Å². The number of amides is 3. The van der Waals surface area contributed by atoms with E-state index in [0.29, 0.717) is 0 Å². The molecule has 1 unspecified atom stereocenters. The molecule has 0 bridgehead atoms. The Kier molecular flexibility index (Phi) is 6.26. The van der Waals surface area contributed by atoms with E-state index in [2.05, 4.69) is 5.32 Å². The van der Waals surface area contributed by atoms with Gasteiger partial charge in [0.15, 0.2) is 0 Å². The van der Waals surface area contributed by atoms with Crippen molar-refractivity contribution >= 4 is 17.9 Å². The van der Waals surface area contributed by atoms with E-state index in [9.17, 15) is 14.4 Å². The molecule has 0 rings (SSSR count). The highest BCUT2D eigenvalue weighted by Gasteiger charge is 2.29. The molecule has 0 aromatic heterocycles. The van der Waals surface area contributed by atoms with Crippen molar-refractivity contribution < 1.29 is 24.6 Å². The van der Waals surface area contributed by atoms with E-state index < -0.39 is 29.5 Å². The fourth-order valence-electron chi connectivity index (χ4n) is 1.17. The van der Waals surface area contributed by atoms with Gasteiger partial charge >= 0.3 is 12.0 Å². The summed E-state index contributed by atoms with van der Waals surface area (Å²) < 4.78 is 0. The molecule has 0 spiro atoms. The summed E-state index contributed by atoms with van der Waals surface area (Å²) in [6.45, 7) is 2.99. The molecule has 5 N–H and O–H groups in total. The number of nitrogens with two attached hydrogens (primary N) is 1. The molecule has 3 amide bonds. The number of likely N-dealkylation sites (N-methyl/N-ethyl adjacent to an activating group) is 1. The Morgan fingerprint density at radius 3 is 2.26 bits per heavy atom. The largest absolute Gasteiger partial charge is 0.480 e. The summed E-state index contributed by atoms with van der Waals surface area (Å²) in [6, 6.07) is -1.84. The number of aliphatic hydroxyl groups excluding tert-OH is 1. The van der Waals surface area contributed by atoms with Gasteiger partial charge in [0.25, 0.3) is 0 Å². The third-order valence-electron chi connectivity index (χ3n) is 2.87. The topological polar surface area (TPSA) is 133 Å². The average molecular weight is 275 g/mol. The molecule has 8 nitrogen and oxygen atoms in total. The fraction of sp³-hybridized carbons (Fsp3) is 0.727. The number of carbonyl (C=O) groups is 3. The zero-order chi connectivity index (χ0) is 15.2. The van der Waals surface area contributed by atoms with Crippen LogP contribution in [0, 0.1) is 0 Å². The number of carbonyl (C=O) groups excluding carboxylic acids is 2. The summed E-state index contributed by atoms with van der Waals surface area (Å²) in [7, 11) is 1.44. The van der Waals surface area contributed by atoms with Crippen LogP contribution in [0.4, 0.5) is 4.79 Å². The Labute approximate surface area is 111 Å². The summed E-state index contributed by atoms with van der Waals surface area (Å²) in [6.07, 6.45) is -0.214. The lowest BCUT2D eigenvalue weighted by atomic mass is 10.1. The van der Waals surface area contributed by atoms with Crippen LogP contribution < -0.4 is 11.1 Å². The second kappa shape index (κ2) is 6.93. The van der Waals surface area contributed by atoms with Crippen LogP contribution in [0.5, 0.6) is 0 Å². The molecule has 0 aliphatic heterocycles. The van der Waals surface area contributed by atoms with Crippen molar-refractivity contribution in [2.75, 3.05) is 13.7 Å². The van der Waals surface area contributed by atoms with Crippen LogP contribution in [0.1, 0.15) is 26.7 Å². The van der Waals surface area contributed by atoms with Crippen LogP contribution in [0.25, 0.3) is 0 Å². The van der Waals surface area contributed by atoms with Gasteiger partial charge in [-0.05, 0) is 20.3 Å². The third-order valence-corrected chi connectivity index (χ3v) is 2.87. The molecular weight excluding hydrogens is 254 g/mol. The van der Waals surface area contributed by atoms with Crippen molar-refractivity contribution in [1.29, 1.82) is 0 Å². The number of carboxylic acid groups (broad SMARTS) is 1. The van der Waals surface area contributed by atoms with Crippen LogP contribution in [-0.2, 0) is 9.59 Å². The Balaban J connectivity index is 4.64. The van der Waals surface area contributed by atoms with E-state index in [0.717, 1.165) is 0 Å². The molecule has 1 atom stereocenters. The highest BCUT2D eigenvalue weighted by atomic mass is 16.4. The maximum atomic E-state index is 11.8. The summed E-state index contributed by atoms with van der Waals surface area (Å²) in [5.41, 5.74) is 4.11. The standard InChI is InChI=1S/C11H21N3O5/c1-11(2,6-15)14(3)10(19)13-7(9(17)18)4-5-8(12)16/h7,15H,4-6H2,1-3H3,(H2,12,16)(H,13,19)(H,17,18). The van der Waals surface area contributed by atoms with Gasteiger partial charge in [-0.25, -0.2) is 9.59 Å². The number of primary amides is 1. The zero-order valence-electron chi connectivity index (χ0n) is 11.3. The Morgan fingerprint density at radius 1 is 1.37 bits per heavy atom. The molecule has 19 heavy (non-hydrogen) atoms. The molecule has 0 aliphatic carbocycles. The highest BCUT2D eigenvalue weighted by Crippen LogP contribution is 2.11. The fourth-order valence-corrected chi connectivity index (χ4v) is 1.17. The molecule has 0 heterocycles. The normalized spacial score (nSPS) is 12.6. The first kappa shape index (κ1) is 17.2. The number of rotatable bonds is 7. The number of urea groups is 1. The van der Waals surface area contributed by atoms with Crippen molar-refractivity contribution in [3.63, 3.8) is 0 Å². The first-order chi connectivity index (χ1) is 8.61. The maximum absolute atomic E-state index is 11.8. The Hall–Kier alpha value is -1.83. The van der Waals surface area contributed by atoms with Crippen LogP contribution >= 0.6 is 0 Å². The molecule has 0 radical (unpaired) electrons. The quantitative estimate of drug-likeness (QED) is 0.478. The van der Waals surface area contributed by atoms with Crippen molar-refractivity contribution in [2.24, 2.45) is 5.73 Å². The average Bonchev–Trinajstić information content (AvgIpc) is 2.32. The number of aliphatic carboxylic acids is 1. The summed E-state index contributed by atoms with van der Waals surface area (Å²) in [5, 5.41) is 20.4. The van der Waals surface area contributed by atoms with E-state index in [1.165, 1.54) is 11.9 Å². The minimum absolute atomic E-state index is 0.0796. The zero-order valence-corrected chi connectivity index (χ0v) is 11.3. The second-order valence-corrected chi connectivity index (χ2v) is 4.87. The number of nitrogens with zero attached hydrogens (tertiary/aromatic N) is 1. The van der Waals surface area contributed by atoms with Gasteiger partial charge in [0.2, 0.25) is 5.91 Å². The molecule has 0 aromatic rings. The first-order valence-corrected chi connectivity index (χ1v) is 5.78. The Bertz CT molecular complexity index is 356. The van der Waals surface area contributed by atoms with Gasteiger partial charge in [-0.1, -0.05) is 0 Å². The van der Waals surface area contributed by atoms with Gasteiger partial charge in [0.1, 0.15) is 6.04 Å². The third kappa shape index (κ3) is 5.56. The van der Waals surface area contributed by atoms with Crippen molar-refractivity contribution in [2.45, 2.75) is 38.3 Å². The van der Waals surface area contributed by atoms with Gasteiger partial charge < -0.3 is 26.2 Å². The highest BCUT2D eigenvalue weighted by molar-refractivity contribution is 5.83. The predicted octanol–water partition coefficient (Wildman–Crippen LogP) is -0.883. The van der Waals surface area contributed by atoms with Gasteiger partial charge in [0, 0.05) is 13.5 Å². The smallest absolute Gasteiger partial charge is 0.326 e. The van der Waals surface area contributed by atoms with Crippen LogP contribution in [-0.4, -0.2) is 58.3 Å². The first-order valence-electron chi connectivity index (χ1n) is 5.78. The lowest BCUT2D eigenvalue weighted by Crippen LogP contribution is -2.55. The van der Waals surface area contributed by atoms with Gasteiger partial charge in [-0.2, -0.15) is 0 Å². The van der Waals surface area contributed by atoms with Crippen LogP contribution in [0.2, 0.25) is 0 Å². The van der Waals surface area contributed by atoms with Crippen LogP contribution in [0.15, 0.2) is 0 Å². The van der Waals surface area contributed by atoms with Crippen molar-refractivity contribution in [3.05, 3.63) is 0 Å². The molecule has 0 aliphatic rings. The molecule has 0 fully saturated rings. The molecule has 110 valence electrons. The number of hydrogen-bond acceptors (Lipinski definition) is 4.